The van der Waals surface area contributed by atoms with Gasteiger partial charge in [0, 0.05) is 12.5 Å². The van der Waals surface area contributed by atoms with E-state index in [-0.39, 0.29) is 0 Å². The smallest absolute Gasteiger partial charge is 0.178 e. The summed E-state index contributed by atoms with van der Waals surface area (Å²) in [5.41, 5.74) is 0. The first-order valence-corrected chi connectivity index (χ1v) is 5.65. The van der Waals surface area contributed by atoms with Gasteiger partial charge >= 0.3 is 0 Å². The van der Waals surface area contributed by atoms with Gasteiger partial charge in [0.1, 0.15) is 24.4 Å². The zero-order valence-corrected chi connectivity index (χ0v) is 9.71. The van der Waals surface area contributed by atoms with Crippen LogP contribution in [0.25, 0.3) is 0 Å². The third-order valence-electron chi connectivity index (χ3n) is 2.60. The van der Waals surface area contributed by atoms with E-state index in [0.29, 0.717) is 6.42 Å². The van der Waals surface area contributed by atoms with Gasteiger partial charge in [0.15, 0.2) is 6.29 Å². The van der Waals surface area contributed by atoms with Gasteiger partial charge in [0.25, 0.3) is 0 Å². The minimum Gasteiger partial charge on any atom is -0.394 e. The molecule has 1 fully saturated rings. The van der Waals surface area contributed by atoms with Crippen molar-refractivity contribution in [1.29, 1.82) is 0 Å². The fourth-order valence-corrected chi connectivity index (χ4v) is 1.57. The Morgan fingerprint density at radius 1 is 1.24 bits per heavy atom. The average molecular weight is 245 g/mol. The fraction of sp³-hybridized carbons (Fsp3) is 0.818. The maximum atomic E-state index is 9.73. The van der Waals surface area contributed by atoms with Crippen molar-refractivity contribution in [3.05, 3.63) is 0 Å². The van der Waals surface area contributed by atoms with E-state index in [0.717, 1.165) is 6.42 Å². The summed E-state index contributed by atoms with van der Waals surface area (Å²) in [6, 6.07) is 1.71. The number of hydrogen-bond acceptors (Lipinski definition) is 6. The van der Waals surface area contributed by atoms with Gasteiger partial charge in [-0.15, -0.1) is 0 Å². The summed E-state index contributed by atoms with van der Waals surface area (Å²) in [7, 11) is 0. The molecule has 6 heteroatoms. The fourth-order valence-electron chi connectivity index (χ4n) is 1.57. The van der Waals surface area contributed by atoms with E-state index in [1.807, 2.05) is 6.92 Å². The number of rotatable bonds is 3. The summed E-state index contributed by atoms with van der Waals surface area (Å²) in [6.45, 7) is 1.52. The van der Waals surface area contributed by atoms with Crippen molar-refractivity contribution in [3.63, 3.8) is 0 Å². The summed E-state index contributed by atoms with van der Waals surface area (Å²) in [5.74, 6) is 2.79. The van der Waals surface area contributed by atoms with Gasteiger partial charge in [-0.3, -0.25) is 0 Å². The number of hydrogen-bond donors (Lipinski definition) is 5. The highest BCUT2D eigenvalue weighted by Crippen LogP contribution is 2.19. The van der Waals surface area contributed by atoms with E-state index in [2.05, 4.69) is 17.3 Å². The van der Waals surface area contributed by atoms with Crippen molar-refractivity contribution in [3.8, 4) is 12.0 Å². The van der Waals surface area contributed by atoms with Gasteiger partial charge in [-0.05, 0) is 6.42 Å². The van der Waals surface area contributed by atoms with Crippen molar-refractivity contribution in [2.45, 2.75) is 50.4 Å². The lowest BCUT2D eigenvalue weighted by atomic mass is 9.97. The molecule has 0 spiro atoms. The molecule has 1 unspecified atom stereocenters. The second kappa shape index (κ2) is 6.79. The van der Waals surface area contributed by atoms with E-state index < -0.39 is 37.3 Å². The molecular formula is C11H19NO5. The molecule has 1 aliphatic heterocycles. The highest BCUT2D eigenvalue weighted by Gasteiger charge is 2.43. The van der Waals surface area contributed by atoms with E-state index >= 15 is 0 Å². The van der Waals surface area contributed by atoms with Crippen molar-refractivity contribution < 1.29 is 25.2 Å². The minimum atomic E-state index is -1.32. The van der Waals surface area contributed by atoms with Crippen LogP contribution in [0.3, 0.4) is 0 Å². The van der Waals surface area contributed by atoms with Gasteiger partial charge in [-0.2, -0.15) is 0 Å². The highest BCUT2D eigenvalue weighted by atomic mass is 16.6. The SMILES string of the molecule is CCCC#CN[C@H]1C(O)O[C@H](CO)[C@@H](O)[C@@H]1O. The summed E-state index contributed by atoms with van der Waals surface area (Å²) in [6.07, 6.45) is -3.19. The van der Waals surface area contributed by atoms with Crippen LogP contribution < -0.4 is 5.32 Å². The number of ether oxygens (including phenoxy) is 1. The topological polar surface area (TPSA) is 102 Å². The Morgan fingerprint density at radius 2 is 1.94 bits per heavy atom. The van der Waals surface area contributed by atoms with Gasteiger partial charge < -0.3 is 30.5 Å². The Labute approximate surface area is 100 Å². The maximum absolute atomic E-state index is 9.73. The normalized spacial score (nSPS) is 37.1. The Kier molecular flexibility index (Phi) is 5.68. The molecule has 6 nitrogen and oxygen atoms in total. The van der Waals surface area contributed by atoms with Crippen LogP contribution >= 0.6 is 0 Å². The van der Waals surface area contributed by atoms with Crippen LogP contribution in [0.15, 0.2) is 0 Å². The lowest BCUT2D eigenvalue weighted by molar-refractivity contribution is -0.252. The molecule has 1 aliphatic rings. The third kappa shape index (κ3) is 3.56. The molecule has 1 saturated heterocycles. The van der Waals surface area contributed by atoms with Gasteiger partial charge in [0.05, 0.1) is 6.61 Å². The Hall–Kier alpha value is -0.840. The first kappa shape index (κ1) is 14.2. The zero-order chi connectivity index (χ0) is 12.8. The molecule has 1 heterocycles. The van der Waals surface area contributed by atoms with E-state index in [4.69, 9.17) is 9.84 Å². The predicted molar refractivity (Wildman–Crippen MR) is 59.6 cm³/mol. The van der Waals surface area contributed by atoms with Crippen LogP contribution in [-0.2, 0) is 4.74 Å². The Balaban J connectivity index is 2.58. The minimum absolute atomic E-state index is 0.469. The van der Waals surface area contributed by atoms with E-state index in [1.165, 1.54) is 0 Å². The molecule has 5 atom stereocenters. The molecule has 0 amide bonds. The molecule has 1 rings (SSSR count). The van der Waals surface area contributed by atoms with Crippen LogP contribution in [0.2, 0.25) is 0 Å². The van der Waals surface area contributed by atoms with Crippen molar-refractivity contribution in [2.24, 2.45) is 0 Å². The number of aliphatic hydroxyl groups excluding tert-OH is 4. The van der Waals surface area contributed by atoms with Crippen LogP contribution in [0.5, 0.6) is 0 Å². The van der Waals surface area contributed by atoms with E-state index in [1.54, 1.807) is 0 Å². The summed E-state index contributed by atoms with van der Waals surface area (Å²) < 4.78 is 4.95. The highest BCUT2D eigenvalue weighted by molar-refractivity contribution is 5.02. The van der Waals surface area contributed by atoms with E-state index in [9.17, 15) is 15.3 Å². The quantitative estimate of drug-likeness (QED) is 0.295. The van der Waals surface area contributed by atoms with Gasteiger partial charge in [-0.1, -0.05) is 12.8 Å². The van der Waals surface area contributed by atoms with Gasteiger partial charge in [0.2, 0.25) is 0 Å². The van der Waals surface area contributed by atoms with Crippen molar-refractivity contribution in [1.82, 2.24) is 5.32 Å². The molecule has 0 aliphatic carbocycles. The number of nitrogens with one attached hydrogen (secondary N) is 1. The van der Waals surface area contributed by atoms with Crippen molar-refractivity contribution >= 4 is 0 Å². The molecule has 5 N–H and O–H groups in total. The zero-order valence-electron chi connectivity index (χ0n) is 9.71. The van der Waals surface area contributed by atoms with Gasteiger partial charge in [-0.25, -0.2) is 0 Å². The molecule has 17 heavy (non-hydrogen) atoms. The molecule has 0 aromatic rings. The molecular weight excluding hydrogens is 226 g/mol. The summed E-state index contributed by atoms with van der Waals surface area (Å²) in [4.78, 5) is 0. The van der Waals surface area contributed by atoms with Crippen LogP contribution in [0.1, 0.15) is 19.8 Å². The molecule has 0 bridgehead atoms. The Bertz CT molecular complexity index is 287. The number of aliphatic hydroxyl groups is 4. The maximum Gasteiger partial charge on any atom is 0.178 e. The lowest BCUT2D eigenvalue weighted by Crippen LogP contribution is -2.62. The van der Waals surface area contributed by atoms with Crippen molar-refractivity contribution in [2.75, 3.05) is 6.61 Å². The Morgan fingerprint density at radius 3 is 2.53 bits per heavy atom. The molecule has 0 aromatic heterocycles. The molecule has 0 radical (unpaired) electrons. The molecule has 0 saturated carbocycles. The second-order valence-corrected chi connectivity index (χ2v) is 3.95. The summed E-state index contributed by atoms with van der Waals surface area (Å²) in [5, 5.41) is 40.4. The first-order chi connectivity index (χ1) is 8.11. The van der Waals surface area contributed by atoms with Crippen LogP contribution in [-0.4, -0.2) is 57.7 Å². The lowest BCUT2D eigenvalue weighted by Gasteiger charge is -2.39. The number of unbranched alkanes of at least 4 members (excludes halogenated alkanes) is 1. The first-order valence-electron chi connectivity index (χ1n) is 5.65. The standard InChI is InChI=1S/C11H19NO5/c1-2-3-4-5-12-8-10(15)9(14)7(6-13)17-11(8)16/h7-16H,2-3,6H2,1H3/t7-,8-,9-,10-,11?/m1/s1. The third-order valence-corrected chi connectivity index (χ3v) is 2.60. The monoisotopic (exact) mass is 245 g/mol. The molecule has 0 aromatic carbocycles. The van der Waals surface area contributed by atoms with Crippen LogP contribution in [0, 0.1) is 12.0 Å². The summed E-state index contributed by atoms with van der Waals surface area (Å²) >= 11 is 0. The molecule has 98 valence electrons. The largest absolute Gasteiger partial charge is 0.394 e. The predicted octanol–water partition coefficient (Wildman–Crippen LogP) is -1.86. The average Bonchev–Trinajstić information content (AvgIpc) is 2.32. The second-order valence-electron chi connectivity index (χ2n) is 3.95. The van der Waals surface area contributed by atoms with Crippen LogP contribution in [0.4, 0.5) is 0 Å².